The Morgan fingerprint density at radius 2 is 1.86 bits per heavy atom. The predicted molar refractivity (Wildman–Crippen MR) is 133 cm³/mol. The van der Waals surface area contributed by atoms with E-state index in [0.29, 0.717) is 28.7 Å². The number of hydrogen-bond donors (Lipinski definition) is 1. The van der Waals surface area contributed by atoms with Crippen LogP contribution in [0.25, 0.3) is 5.78 Å². The zero-order valence-corrected chi connectivity index (χ0v) is 20.3. The number of hydrogen-bond acceptors (Lipinski definition) is 6. The number of aryl methyl sites for hydroxylation is 2. The molecule has 1 N–H and O–H groups in total. The molecular weight excluding hydrogens is 446 g/mol. The maximum absolute atomic E-state index is 12.6. The first kappa shape index (κ1) is 24.0. The molecule has 2 aromatic heterocycles. The van der Waals surface area contributed by atoms with Gasteiger partial charge < -0.3 is 14.8 Å². The highest BCUT2D eigenvalue weighted by Crippen LogP contribution is 2.23. The van der Waals surface area contributed by atoms with Crippen LogP contribution in [0.2, 0.25) is 0 Å². The van der Waals surface area contributed by atoms with Crippen molar-refractivity contribution in [2.75, 3.05) is 11.9 Å². The molecule has 0 saturated heterocycles. The Morgan fingerprint density at radius 3 is 2.57 bits per heavy atom. The van der Waals surface area contributed by atoms with E-state index in [9.17, 15) is 9.59 Å². The van der Waals surface area contributed by atoms with Crippen molar-refractivity contribution < 1.29 is 14.3 Å². The summed E-state index contributed by atoms with van der Waals surface area (Å²) in [6, 6.07) is 14.6. The van der Waals surface area contributed by atoms with E-state index in [4.69, 9.17) is 9.47 Å². The van der Waals surface area contributed by atoms with Gasteiger partial charge in [0.05, 0.1) is 5.69 Å². The SMILES string of the molecule is CCc1ccc(OCC(=O)Nc2ccc(C)c(OCc3cc(=O)n4c(ncn4C(C)C)n3)c2)cc1. The Labute approximate surface area is 203 Å². The van der Waals surface area contributed by atoms with Gasteiger partial charge in [0.25, 0.3) is 17.2 Å². The third-order valence-corrected chi connectivity index (χ3v) is 5.53. The van der Waals surface area contributed by atoms with Crippen LogP contribution in [0.4, 0.5) is 5.69 Å². The Kier molecular flexibility index (Phi) is 7.14. The van der Waals surface area contributed by atoms with Gasteiger partial charge in [0.2, 0.25) is 0 Å². The summed E-state index contributed by atoms with van der Waals surface area (Å²) >= 11 is 0. The summed E-state index contributed by atoms with van der Waals surface area (Å²) in [6.07, 6.45) is 2.54. The van der Waals surface area contributed by atoms with Gasteiger partial charge in [-0.3, -0.25) is 14.3 Å². The van der Waals surface area contributed by atoms with E-state index in [1.807, 2.05) is 51.1 Å². The molecule has 0 saturated carbocycles. The summed E-state index contributed by atoms with van der Waals surface area (Å²) in [5.41, 5.74) is 2.93. The third kappa shape index (κ3) is 5.68. The van der Waals surface area contributed by atoms with Crippen molar-refractivity contribution in [3.05, 3.63) is 82.0 Å². The van der Waals surface area contributed by atoms with Crippen LogP contribution in [-0.4, -0.2) is 31.7 Å². The second-order valence-corrected chi connectivity index (χ2v) is 8.52. The molecule has 1 amide bonds. The molecule has 0 fully saturated rings. The molecule has 2 aromatic carbocycles. The summed E-state index contributed by atoms with van der Waals surface area (Å²) in [5, 5.41) is 2.82. The van der Waals surface area contributed by atoms with Crippen molar-refractivity contribution in [1.82, 2.24) is 19.2 Å². The highest BCUT2D eigenvalue weighted by molar-refractivity contribution is 5.92. The summed E-state index contributed by atoms with van der Waals surface area (Å²) in [7, 11) is 0. The number of ether oxygens (including phenoxy) is 2. The van der Waals surface area contributed by atoms with E-state index in [-0.39, 0.29) is 30.7 Å². The lowest BCUT2D eigenvalue weighted by Crippen LogP contribution is -2.23. The van der Waals surface area contributed by atoms with E-state index in [0.717, 1.165) is 12.0 Å². The van der Waals surface area contributed by atoms with Crippen molar-refractivity contribution in [2.24, 2.45) is 0 Å². The quantitative estimate of drug-likeness (QED) is 0.394. The number of nitrogens with zero attached hydrogens (tertiary/aromatic N) is 4. The first-order valence-electron chi connectivity index (χ1n) is 11.5. The van der Waals surface area contributed by atoms with Gasteiger partial charge in [-0.2, -0.15) is 9.50 Å². The molecule has 0 spiro atoms. The molecule has 0 bridgehead atoms. The highest BCUT2D eigenvalue weighted by atomic mass is 16.5. The molecular formula is C26H29N5O4. The molecule has 0 aliphatic heterocycles. The van der Waals surface area contributed by atoms with Crippen molar-refractivity contribution >= 4 is 17.4 Å². The highest BCUT2D eigenvalue weighted by Gasteiger charge is 2.12. The van der Waals surface area contributed by atoms with Gasteiger partial charge in [0.15, 0.2) is 6.61 Å². The van der Waals surface area contributed by atoms with Gasteiger partial charge >= 0.3 is 0 Å². The van der Waals surface area contributed by atoms with Gasteiger partial charge in [-0.15, -0.1) is 0 Å². The Hall–Kier alpha value is -4.14. The lowest BCUT2D eigenvalue weighted by Gasteiger charge is -2.12. The van der Waals surface area contributed by atoms with Crippen LogP contribution >= 0.6 is 0 Å². The van der Waals surface area contributed by atoms with Gasteiger partial charge in [-0.25, -0.2) is 4.98 Å². The van der Waals surface area contributed by atoms with Crippen LogP contribution in [0.15, 0.2) is 59.7 Å². The molecule has 4 rings (SSSR count). The minimum absolute atomic E-state index is 0.0780. The molecule has 2 heterocycles. The average molecular weight is 476 g/mol. The van der Waals surface area contributed by atoms with E-state index in [1.54, 1.807) is 23.1 Å². The molecule has 0 aliphatic rings. The van der Waals surface area contributed by atoms with E-state index in [1.165, 1.54) is 16.1 Å². The van der Waals surface area contributed by atoms with Gasteiger partial charge in [0, 0.05) is 23.9 Å². The first-order chi connectivity index (χ1) is 16.8. The van der Waals surface area contributed by atoms with Crippen molar-refractivity contribution in [3.63, 3.8) is 0 Å². The second kappa shape index (κ2) is 10.4. The van der Waals surface area contributed by atoms with Gasteiger partial charge in [-0.05, 0) is 56.5 Å². The molecule has 0 radical (unpaired) electrons. The molecule has 9 heteroatoms. The molecule has 0 unspecified atom stereocenters. The second-order valence-electron chi connectivity index (χ2n) is 8.52. The maximum Gasteiger partial charge on any atom is 0.274 e. The van der Waals surface area contributed by atoms with Gasteiger partial charge in [0.1, 0.15) is 24.4 Å². The number of nitrogens with one attached hydrogen (secondary N) is 1. The van der Waals surface area contributed by atoms with Crippen LogP contribution < -0.4 is 20.3 Å². The molecule has 9 nitrogen and oxygen atoms in total. The number of aromatic nitrogens is 4. The number of anilines is 1. The minimum Gasteiger partial charge on any atom is -0.487 e. The predicted octanol–water partition coefficient (Wildman–Crippen LogP) is 3.94. The number of carbonyl (C=O) groups is 1. The fraction of sp³-hybridized carbons (Fsp3) is 0.308. The summed E-state index contributed by atoms with van der Waals surface area (Å²) in [4.78, 5) is 33.6. The maximum atomic E-state index is 12.6. The fourth-order valence-electron chi connectivity index (χ4n) is 3.56. The van der Waals surface area contributed by atoms with Crippen LogP contribution in [0, 0.1) is 6.92 Å². The first-order valence-corrected chi connectivity index (χ1v) is 11.5. The minimum atomic E-state index is -0.278. The van der Waals surface area contributed by atoms with Crippen molar-refractivity contribution in [3.8, 4) is 11.5 Å². The molecule has 35 heavy (non-hydrogen) atoms. The molecule has 182 valence electrons. The topological polar surface area (TPSA) is 99.7 Å². The van der Waals surface area contributed by atoms with Crippen LogP contribution in [-0.2, 0) is 17.8 Å². The van der Waals surface area contributed by atoms with E-state index >= 15 is 0 Å². The van der Waals surface area contributed by atoms with E-state index < -0.39 is 0 Å². The number of amides is 1. The third-order valence-electron chi connectivity index (χ3n) is 5.53. The molecule has 0 atom stereocenters. The summed E-state index contributed by atoms with van der Waals surface area (Å²) < 4.78 is 14.7. The van der Waals surface area contributed by atoms with Crippen LogP contribution in [0.5, 0.6) is 11.5 Å². The summed E-state index contributed by atoms with van der Waals surface area (Å²) in [5.74, 6) is 1.27. The standard InChI is InChI=1S/C26H29N5O4/c1-5-19-7-10-22(11-8-19)34-15-24(32)28-20-9-6-18(4)23(12-20)35-14-21-13-25(33)31-26(29-21)27-16-30(31)17(2)3/h6-13,16-17H,5,14-15H2,1-4H3,(H,28,32). The van der Waals surface area contributed by atoms with Gasteiger partial charge in [-0.1, -0.05) is 25.1 Å². The number of benzene rings is 2. The largest absolute Gasteiger partial charge is 0.487 e. The lowest BCUT2D eigenvalue weighted by atomic mass is 10.2. The number of rotatable bonds is 9. The van der Waals surface area contributed by atoms with E-state index in [2.05, 4.69) is 22.2 Å². The van der Waals surface area contributed by atoms with Crippen molar-refractivity contribution in [1.29, 1.82) is 0 Å². The van der Waals surface area contributed by atoms with Crippen LogP contribution in [0.3, 0.4) is 0 Å². The molecule has 0 aliphatic carbocycles. The fourth-order valence-corrected chi connectivity index (χ4v) is 3.56. The summed E-state index contributed by atoms with van der Waals surface area (Å²) in [6.45, 7) is 7.91. The zero-order chi connectivity index (χ0) is 24.9. The average Bonchev–Trinajstić information content (AvgIpc) is 3.28. The lowest BCUT2D eigenvalue weighted by molar-refractivity contribution is -0.118. The Morgan fingerprint density at radius 1 is 1.09 bits per heavy atom. The monoisotopic (exact) mass is 475 g/mol. The zero-order valence-electron chi connectivity index (χ0n) is 20.3. The Bertz CT molecular complexity index is 1390. The smallest absolute Gasteiger partial charge is 0.274 e. The molecule has 4 aromatic rings. The normalized spacial score (nSPS) is 11.1. The van der Waals surface area contributed by atoms with Crippen molar-refractivity contribution in [2.45, 2.75) is 46.8 Å². The Balaban J connectivity index is 1.39. The number of carbonyl (C=O) groups excluding carboxylic acids is 1. The number of fused-ring (bicyclic) bond motifs is 1. The van der Waals surface area contributed by atoms with Crippen LogP contribution in [0.1, 0.15) is 43.6 Å².